The minimum absolute atomic E-state index is 0.0632. The zero-order valence-electron chi connectivity index (χ0n) is 13.4. The van der Waals surface area contributed by atoms with E-state index in [9.17, 15) is 4.79 Å². The summed E-state index contributed by atoms with van der Waals surface area (Å²) in [5.74, 6) is 0.983. The fourth-order valence-electron chi connectivity index (χ4n) is 2.73. The summed E-state index contributed by atoms with van der Waals surface area (Å²) in [6, 6.07) is 11.3. The van der Waals surface area contributed by atoms with E-state index in [0.29, 0.717) is 5.82 Å². The fraction of sp³-hybridized carbons (Fsp3) is 0.353. The molecule has 0 saturated carbocycles. The van der Waals surface area contributed by atoms with Crippen LogP contribution in [0.3, 0.4) is 0 Å². The molecule has 2 heterocycles. The minimum atomic E-state index is -0.499. The van der Waals surface area contributed by atoms with E-state index in [1.165, 1.54) is 7.11 Å². The van der Waals surface area contributed by atoms with Gasteiger partial charge in [0.05, 0.1) is 13.2 Å². The van der Waals surface area contributed by atoms with Gasteiger partial charge in [-0.2, -0.15) is 0 Å². The first-order chi connectivity index (χ1) is 11.0. The van der Waals surface area contributed by atoms with Crippen molar-refractivity contribution < 1.29 is 14.3 Å². The van der Waals surface area contributed by atoms with Crippen molar-refractivity contribution in [2.75, 3.05) is 12.4 Å². The average molecular weight is 313 g/mol. The van der Waals surface area contributed by atoms with Gasteiger partial charge >= 0.3 is 5.97 Å². The van der Waals surface area contributed by atoms with Gasteiger partial charge in [0.2, 0.25) is 0 Å². The third kappa shape index (κ3) is 3.26. The van der Waals surface area contributed by atoms with E-state index in [0.717, 1.165) is 17.7 Å². The third-order valence-corrected chi connectivity index (χ3v) is 3.76. The van der Waals surface area contributed by atoms with E-state index in [4.69, 9.17) is 4.74 Å². The van der Waals surface area contributed by atoms with Gasteiger partial charge in [0.25, 0.3) is 0 Å². The highest BCUT2D eigenvalue weighted by atomic mass is 16.5. The lowest BCUT2D eigenvalue weighted by Gasteiger charge is -2.38. The van der Waals surface area contributed by atoms with E-state index in [1.54, 1.807) is 12.1 Å². The molecule has 0 fully saturated rings. The number of hydrogen-bond acceptors (Lipinski definition) is 6. The van der Waals surface area contributed by atoms with Crippen molar-refractivity contribution in [2.24, 2.45) is 0 Å². The fourth-order valence-corrected chi connectivity index (χ4v) is 2.73. The lowest BCUT2D eigenvalue weighted by Crippen LogP contribution is -2.37. The maximum absolute atomic E-state index is 11.4. The molecule has 1 aromatic heterocycles. The first-order valence-electron chi connectivity index (χ1n) is 7.45. The maximum Gasteiger partial charge on any atom is 0.358 e. The Hall–Kier alpha value is -2.63. The average Bonchev–Trinajstić information content (AvgIpc) is 2.54. The van der Waals surface area contributed by atoms with Gasteiger partial charge < -0.3 is 14.8 Å². The molecule has 0 saturated heterocycles. The number of benzene rings is 1. The van der Waals surface area contributed by atoms with Gasteiger partial charge in [0.1, 0.15) is 17.2 Å². The minimum Gasteiger partial charge on any atom is -0.487 e. The summed E-state index contributed by atoms with van der Waals surface area (Å²) in [5.41, 5.74) is 1.00. The molecule has 0 aliphatic carbocycles. The van der Waals surface area contributed by atoms with E-state index < -0.39 is 5.97 Å². The molecule has 6 heteroatoms. The highest BCUT2D eigenvalue weighted by Crippen LogP contribution is 2.40. The molecule has 1 unspecified atom stereocenters. The second kappa shape index (κ2) is 5.87. The molecule has 3 rings (SSSR count). The predicted octanol–water partition coefficient (Wildman–Crippen LogP) is 2.98. The second-order valence-corrected chi connectivity index (χ2v) is 6.10. The van der Waals surface area contributed by atoms with Gasteiger partial charge in [-0.1, -0.05) is 18.2 Å². The zero-order chi connectivity index (χ0) is 16.4. The van der Waals surface area contributed by atoms with Crippen molar-refractivity contribution in [1.82, 2.24) is 10.2 Å². The van der Waals surface area contributed by atoms with E-state index in [1.807, 2.05) is 24.3 Å². The Morgan fingerprint density at radius 2 is 2.04 bits per heavy atom. The molecule has 2 aromatic rings. The van der Waals surface area contributed by atoms with Gasteiger partial charge in [-0.25, -0.2) is 4.79 Å². The van der Waals surface area contributed by atoms with Crippen LogP contribution in [0.15, 0.2) is 36.4 Å². The number of carbonyl (C=O) groups is 1. The number of nitrogens with zero attached hydrogens (tertiary/aromatic N) is 2. The standard InChI is InChI=1S/C17H19N3O3/c1-17(2)10-13(11-6-4-5-7-14(11)23-17)18-15-9-8-12(19-20-15)16(21)22-3/h4-9,13H,10H2,1-3H3,(H,18,20). The number of rotatable bonds is 3. The summed E-state index contributed by atoms with van der Waals surface area (Å²) >= 11 is 0. The van der Waals surface area contributed by atoms with E-state index >= 15 is 0 Å². The first kappa shape index (κ1) is 15.3. The highest BCUT2D eigenvalue weighted by molar-refractivity contribution is 5.86. The number of anilines is 1. The van der Waals surface area contributed by atoms with Crippen molar-refractivity contribution in [3.8, 4) is 5.75 Å². The molecule has 0 radical (unpaired) electrons. The maximum atomic E-state index is 11.4. The molecule has 1 aromatic carbocycles. The molecule has 120 valence electrons. The summed E-state index contributed by atoms with van der Waals surface area (Å²) in [6.45, 7) is 4.12. The van der Waals surface area contributed by atoms with Gasteiger partial charge in [-0.15, -0.1) is 10.2 Å². The van der Waals surface area contributed by atoms with Crippen molar-refractivity contribution >= 4 is 11.8 Å². The number of hydrogen-bond donors (Lipinski definition) is 1. The molecule has 0 amide bonds. The number of nitrogens with one attached hydrogen (secondary N) is 1. The van der Waals surface area contributed by atoms with Crippen molar-refractivity contribution in [2.45, 2.75) is 31.9 Å². The Morgan fingerprint density at radius 3 is 2.74 bits per heavy atom. The number of fused-ring (bicyclic) bond motifs is 1. The molecule has 23 heavy (non-hydrogen) atoms. The van der Waals surface area contributed by atoms with Crippen LogP contribution in [0.25, 0.3) is 0 Å². The Kier molecular flexibility index (Phi) is 3.90. The number of carbonyl (C=O) groups excluding carboxylic acids is 1. The Balaban J connectivity index is 1.83. The number of aromatic nitrogens is 2. The Bertz CT molecular complexity index is 713. The van der Waals surface area contributed by atoms with Crippen LogP contribution >= 0.6 is 0 Å². The lowest BCUT2D eigenvalue weighted by atomic mass is 9.90. The summed E-state index contributed by atoms with van der Waals surface area (Å²) < 4.78 is 10.6. The highest BCUT2D eigenvalue weighted by Gasteiger charge is 2.33. The van der Waals surface area contributed by atoms with Gasteiger partial charge in [-0.05, 0) is 32.0 Å². The summed E-state index contributed by atoms with van der Waals surface area (Å²) in [6.07, 6.45) is 0.796. The molecule has 0 spiro atoms. The summed E-state index contributed by atoms with van der Waals surface area (Å²) in [5, 5.41) is 11.3. The van der Waals surface area contributed by atoms with Crippen molar-refractivity contribution in [1.29, 1.82) is 0 Å². The molecule has 1 N–H and O–H groups in total. The number of ether oxygens (including phenoxy) is 2. The second-order valence-electron chi connectivity index (χ2n) is 6.10. The summed E-state index contributed by atoms with van der Waals surface area (Å²) in [4.78, 5) is 11.4. The predicted molar refractivity (Wildman–Crippen MR) is 85.5 cm³/mol. The monoisotopic (exact) mass is 313 g/mol. The van der Waals surface area contributed by atoms with Crippen molar-refractivity contribution in [3.05, 3.63) is 47.7 Å². The van der Waals surface area contributed by atoms with Crippen LogP contribution in [0, 0.1) is 0 Å². The van der Waals surface area contributed by atoms with E-state index in [2.05, 4.69) is 34.1 Å². The van der Waals surface area contributed by atoms with Gasteiger partial charge in [-0.3, -0.25) is 0 Å². The molecule has 1 aliphatic heterocycles. The SMILES string of the molecule is COC(=O)c1ccc(NC2CC(C)(C)Oc3ccccc32)nn1. The Morgan fingerprint density at radius 1 is 1.26 bits per heavy atom. The third-order valence-electron chi connectivity index (χ3n) is 3.76. The largest absolute Gasteiger partial charge is 0.487 e. The molecule has 1 atom stereocenters. The van der Waals surface area contributed by atoms with Crippen LogP contribution in [0.5, 0.6) is 5.75 Å². The Labute approximate surface area is 134 Å². The van der Waals surface area contributed by atoms with Crippen LogP contribution < -0.4 is 10.1 Å². The quantitative estimate of drug-likeness (QED) is 0.878. The number of para-hydroxylation sites is 1. The summed E-state index contributed by atoms with van der Waals surface area (Å²) in [7, 11) is 1.32. The van der Waals surface area contributed by atoms with Crippen LogP contribution in [0.4, 0.5) is 5.82 Å². The van der Waals surface area contributed by atoms with Crippen LogP contribution in [0.2, 0.25) is 0 Å². The lowest BCUT2D eigenvalue weighted by molar-refractivity contribution is 0.0592. The van der Waals surface area contributed by atoms with Gasteiger partial charge in [0, 0.05) is 12.0 Å². The zero-order valence-corrected chi connectivity index (χ0v) is 13.4. The molecule has 1 aliphatic rings. The topological polar surface area (TPSA) is 73.3 Å². The van der Waals surface area contributed by atoms with E-state index in [-0.39, 0.29) is 17.3 Å². The van der Waals surface area contributed by atoms with Crippen LogP contribution in [0.1, 0.15) is 42.4 Å². The molecule has 6 nitrogen and oxygen atoms in total. The normalized spacial score (nSPS) is 18.5. The smallest absolute Gasteiger partial charge is 0.358 e. The van der Waals surface area contributed by atoms with Crippen LogP contribution in [-0.4, -0.2) is 28.9 Å². The molecular formula is C17H19N3O3. The van der Waals surface area contributed by atoms with Crippen molar-refractivity contribution in [3.63, 3.8) is 0 Å². The van der Waals surface area contributed by atoms with Crippen LogP contribution in [-0.2, 0) is 4.74 Å². The molecular weight excluding hydrogens is 294 g/mol. The number of methoxy groups -OCH3 is 1. The first-order valence-corrected chi connectivity index (χ1v) is 7.45. The number of esters is 1. The molecule has 0 bridgehead atoms. The van der Waals surface area contributed by atoms with Gasteiger partial charge in [0.15, 0.2) is 5.69 Å².